The van der Waals surface area contributed by atoms with Gasteiger partial charge in [-0.15, -0.1) is 0 Å². The van der Waals surface area contributed by atoms with Crippen LogP contribution in [0.15, 0.2) is 23.0 Å². The van der Waals surface area contributed by atoms with Crippen molar-refractivity contribution in [2.45, 2.75) is 52.0 Å². The summed E-state index contributed by atoms with van der Waals surface area (Å²) in [5, 5.41) is 16.7. The van der Waals surface area contributed by atoms with Crippen molar-refractivity contribution in [3.8, 4) is 11.4 Å². The van der Waals surface area contributed by atoms with Gasteiger partial charge in [0, 0.05) is 28.6 Å². The van der Waals surface area contributed by atoms with Crippen molar-refractivity contribution in [1.29, 1.82) is 0 Å². The number of pyridine rings is 2. The third kappa shape index (κ3) is 4.44. The monoisotopic (exact) mass is 562 g/mol. The quantitative estimate of drug-likeness (QED) is 0.178. The molecule has 2 aliphatic heterocycles. The molecule has 206 valence electrons. The smallest absolute Gasteiger partial charge is 0.458 e. The lowest BCUT2D eigenvalue weighted by Crippen LogP contribution is -2.44. The van der Waals surface area contributed by atoms with E-state index in [4.69, 9.17) is 14.5 Å². The summed E-state index contributed by atoms with van der Waals surface area (Å²) >= 11 is 0. The maximum atomic E-state index is 15.0. The molecular formula is C24H24FN4O9P. The van der Waals surface area contributed by atoms with E-state index in [2.05, 4.69) is 14.8 Å². The number of nitrogens with one attached hydrogen (secondary N) is 2. The highest BCUT2D eigenvalue weighted by Gasteiger charge is 2.45. The molecule has 0 unspecified atom stereocenters. The topological polar surface area (TPSA) is 189 Å². The maximum absolute atomic E-state index is 15.0. The molecule has 0 saturated heterocycles. The predicted molar refractivity (Wildman–Crippen MR) is 135 cm³/mol. The summed E-state index contributed by atoms with van der Waals surface area (Å²) in [4.78, 5) is 60.0. The zero-order valence-electron chi connectivity index (χ0n) is 20.9. The van der Waals surface area contributed by atoms with Crippen molar-refractivity contribution < 1.29 is 42.7 Å². The lowest BCUT2D eigenvalue weighted by atomic mass is 9.86. The molecule has 1 aromatic carbocycles. The molecule has 4 heterocycles. The number of halogens is 1. The van der Waals surface area contributed by atoms with E-state index in [-0.39, 0.29) is 42.3 Å². The molecule has 0 fully saturated rings. The van der Waals surface area contributed by atoms with Gasteiger partial charge in [-0.25, -0.2) is 23.5 Å². The van der Waals surface area contributed by atoms with Gasteiger partial charge in [0.2, 0.25) is 0 Å². The SMILES string of the molecule is CC[C@@]1(O)C(=O)OCc2c1cc1n(c2=O)Cc2c-1nc1cc(F)c(NC(=O)OP(=O)(O)O)cc1c2NC(C)C. The van der Waals surface area contributed by atoms with Crippen LogP contribution in [-0.2, 0) is 37.4 Å². The molecule has 0 spiro atoms. The molecule has 0 bridgehead atoms. The van der Waals surface area contributed by atoms with Gasteiger partial charge in [-0.2, -0.15) is 0 Å². The molecule has 2 aliphatic rings. The number of phosphoric acid groups is 1. The fraction of sp³-hybridized carbons (Fsp3) is 0.333. The van der Waals surface area contributed by atoms with Crippen molar-refractivity contribution >= 4 is 42.2 Å². The summed E-state index contributed by atoms with van der Waals surface area (Å²) in [6.07, 6.45) is -1.58. The Bertz CT molecular complexity index is 1680. The first-order valence-electron chi connectivity index (χ1n) is 11.9. The maximum Gasteiger partial charge on any atom is 0.528 e. The Balaban J connectivity index is 1.71. The minimum Gasteiger partial charge on any atom is -0.458 e. The van der Waals surface area contributed by atoms with Crippen LogP contribution >= 0.6 is 7.82 Å². The van der Waals surface area contributed by atoms with Gasteiger partial charge < -0.3 is 24.3 Å². The first-order chi connectivity index (χ1) is 18.2. The molecule has 15 heteroatoms. The van der Waals surface area contributed by atoms with Gasteiger partial charge in [0.15, 0.2) is 5.60 Å². The van der Waals surface area contributed by atoms with E-state index in [1.807, 2.05) is 19.2 Å². The molecule has 5 N–H and O–H groups in total. The molecule has 1 amide bonds. The second kappa shape index (κ2) is 9.12. The summed E-state index contributed by atoms with van der Waals surface area (Å²) in [6, 6.07) is 3.66. The van der Waals surface area contributed by atoms with Gasteiger partial charge in [0.1, 0.15) is 12.4 Å². The minimum absolute atomic E-state index is 0.0225. The summed E-state index contributed by atoms with van der Waals surface area (Å²) in [6.45, 7) is 5.08. The number of aliphatic hydroxyl groups is 1. The third-order valence-corrected chi connectivity index (χ3v) is 7.05. The van der Waals surface area contributed by atoms with E-state index < -0.39 is 42.6 Å². The number of carbonyl (C=O) groups excluding carboxylic acids is 2. The molecule has 3 aromatic rings. The average Bonchev–Trinajstić information content (AvgIpc) is 3.20. The van der Waals surface area contributed by atoms with Crippen molar-refractivity contribution in [2.24, 2.45) is 0 Å². The van der Waals surface area contributed by atoms with Gasteiger partial charge >= 0.3 is 19.9 Å². The van der Waals surface area contributed by atoms with Crippen molar-refractivity contribution in [1.82, 2.24) is 9.55 Å². The lowest BCUT2D eigenvalue weighted by Gasteiger charge is -2.31. The van der Waals surface area contributed by atoms with Crippen molar-refractivity contribution in [2.75, 3.05) is 10.6 Å². The van der Waals surface area contributed by atoms with Crippen LogP contribution in [-0.4, -0.2) is 42.5 Å². The minimum atomic E-state index is -5.16. The number of esters is 1. The van der Waals surface area contributed by atoms with Gasteiger partial charge in [0.25, 0.3) is 5.56 Å². The predicted octanol–water partition coefficient (Wildman–Crippen LogP) is 2.68. The molecule has 1 atom stereocenters. The first-order valence-corrected chi connectivity index (χ1v) is 13.4. The van der Waals surface area contributed by atoms with Crippen LogP contribution in [0.4, 0.5) is 20.6 Å². The second-order valence-corrected chi connectivity index (χ2v) is 10.7. The Morgan fingerprint density at radius 2 is 2.00 bits per heavy atom. The standard InChI is InChI=1S/C24H24FN4O9P/c1-4-24(33)14-6-18-20-12(8-29(18)21(30)13(14)9-37-22(24)31)19(26-10(2)3)11-5-17(15(25)7-16(11)27-20)28-23(32)38-39(34,35)36/h5-7,10,33H,4,8-9H2,1-3H3,(H,26,27)(H,28,32)(H2,34,35,36)/t24-/m0/s1. The molecule has 0 radical (unpaired) electrons. The third-order valence-electron chi connectivity index (χ3n) is 6.65. The number of hydrogen-bond donors (Lipinski definition) is 5. The Kier molecular flexibility index (Phi) is 6.26. The van der Waals surface area contributed by atoms with Crippen LogP contribution in [0.1, 0.15) is 43.9 Å². The van der Waals surface area contributed by atoms with E-state index in [0.29, 0.717) is 28.0 Å². The number of aromatic nitrogens is 2. The largest absolute Gasteiger partial charge is 0.528 e. The number of amides is 1. The van der Waals surface area contributed by atoms with Gasteiger partial charge in [-0.1, -0.05) is 6.92 Å². The normalized spacial score (nSPS) is 17.9. The van der Waals surface area contributed by atoms with Gasteiger partial charge in [-0.05, 0) is 32.4 Å². The van der Waals surface area contributed by atoms with Gasteiger partial charge in [0.05, 0.1) is 40.4 Å². The Morgan fingerprint density at radius 3 is 2.64 bits per heavy atom. The van der Waals surface area contributed by atoms with Crippen LogP contribution < -0.4 is 16.2 Å². The van der Waals surface area contributed by atoms with Crippen molar-refractivity contribution in [3.63, 3.8) is 0 Å². The molecule has 0 saturated carbocycles. The Hall–Kier alpha value is -3.84. The number of carbonyl (C=O) groups is 2. The number of phosphoric ester groups is 1. The molecule has 39 heavy (non-hydrogen) atoms. The zero-order chi connectivity index (χ0) is 28.4. The Labute approximate surface area is 219 Å². The number of benzene rings is 1. The van der Waals surface area contributed by atoms with Crippen LogP contribution in [0, 0.1) is 5.82 Å². The molecule has 2 aromatic heterocycles. The van der Waals surface area contributed by atoms with E-state index in [0.717, 1.165) is 6.07 Å². The number of rotatable bonds is 5. The molecular weight excluding hydrogens is 538 g/mol. The van der Waals surface area contributed by atoms with E-state index in [1.54, 1.807) is 6.92 Å². The first kappa shape index (κ1) is 26.8. The fourth-order valence-electron chi connectivity index (χ4n) is 4.89. The molecule has 5 rings (SSSR count). The number of ether oxygens (including phenoxy) is 1. The average molecular weight is 562 g/mol. The molecule has 0 aliphatic carbocycles. The van der Waals surface area contributed by atoms with E-state index >= 15 is 0 Å². The number of hydrogen-bond acceptors (Lipinski definition) is 9. The number of fused-ring (bicyclic) bond motifs is 5. The highest BCUT2D eigenvalue weighted by Crippen LogP contribution is 2.43. The van der Waals surface area contributed by atoms with Crippen LogP contribution in [0.2, 0.25) is 0 Å². The molecule has 13 nitrogen and oxygen atoms in total. The highest BCUT2D eigenvalue weighted by atomic mass is 31.2. The zero-order valence-corrected chi connectivity index (χ0v) is 21.8. The van der Waals surface area contributed by atoms with Crippen molar-refractivity contribution in [3.05, 3.63) is 51.1 Å². The van der Waals surface area contributed by atoms with Crippen LogP contribution in [0.3, 0.4) is 0 Å². The number of anilines is 2. The van der Waals surface area contributed by atoms with E-state index in [9.17, 15) is 28.4 Å². The number of cyclic esters (lactones) is 1. The van der Waals surface area contributed by atoms with Crippen LogP contribution in [0.5, 0.6) is 0 Å². The summed E-state index contributed by atoms with van der Waals surface area (Å²) < 4.78 is 36.4. The van der Waals surface area contributed by atoms with E-state index in [1.165, 1.54) is 16.7 Å². The highest BCUT2D eigenvalue weighted by molar-refractivity contribution is 7.46. The van der Waals surface area contributed by atoms with Gasteiger partial charge in [-0.3, -0.25) is 19.9 Å². The second-order valence-electron chi connectivity index (χ2n) is 9.56. The van der Waals surface area contributed by atoms with Crippen LogP contribution in [0.25, 0.3) is 22.3 Å². The summed E-state index contributed by atoms with van der Waals surface area (Å²) in [5.74, 6) is -1.81. The summed E-state index contributed by atoms with van der Waals surface area (Å²) in [7, 11) is -5.16. The summed E-state index contributed by atoms with van der Waals surface area (Å²) in [5.41, 5.74) is -0.731. The lowest BCUT2D eigenvalue weighted by molar-refractivity contribution is -0.172. The number of nitrogens with zero attached hydrogens (tertiary/aromatic N) is 2. The Morgan fingerprint density at radius 1 is 1.28 bits per heavy atom. The fourth-order valence-corrected chi connectivity index (χ4v) is 5.15.